The molecule has 4 rings (SSSR count). The Hall–Kier alpha value is -2.80. The number of thioether (sulfide) groups is 1. The summed E-state index contributed by atoms with van der Waals surface area (Å²) in [5.41, 5.74) is 2.41. The Kier molecular flexibility index (Phi) is 6.32. The summed E-state index contributed by atoms with van der Waals surface area (Å²) in [6.07, 6.45) is 0. The number of fused-ring (bicyclic) bond motifs is 1. The highest BCUT2D eigenvalue weighted by Gasteiger charge is 2.17. The molecule has 0 fully saturated rings. The maximum absolute atomic E-state index is 13.3. The van der Waals surface area contributed by atoms with Crippen LogP contribution < -0.4 is 10.9 Å². The first kappa shape index (κ1) is 21.4. The van der Waals surface area contributed by atoms with E-state index in [1.54, 1.807) is 41.0 Å². The second-order valence-corrected chi connectivity index (χ2v) is 8.53. The van der Waals surface area contributed by atoms with Gasteiger partial charge in [-0.25, -0.2) is 4.98 Å². The molecule has 0 spiro atoms. The van der Waals surface area contributed by atoms with Gasteiger partial charge in [-0.2, -0.15) is 0 Å². The summed E-state index contributed by atoms with van der Waals surface area (Å²) >= 11 is 13.4. The summed E-state index contributed by atoms with van der Waals surface area (Å²) in [5.74, 6) is -0.281. The molecule has 4 aromatic rings. The van der Waals surface area contributed by atoms with E-state index < -0.39 is 0 Å². The fraction of sp³-hybridized carbons (Fsp3) is 0.0870. The number of hydrogen-bond donors (Lipinski definition) is 1. The van der Waals surface area contributed by atoms with Crippen molar-refractivity contribution in [3.8, 4) is 5.69 Å². The molecule has 0 aliphatic carbocycles. The molecule has 0 aliphatic rings. The van der Waals surface area contributed by atoms with Gasteiger partial charge in [0, 0.05) is 0 Å². The maximum atomic E-state index is 13.3. The van der Waals surface area contributed by atoms with E-state index in [1.165, 1.54) is 11.8 Å². The first-order valence-corrected chi connectivity index (χ1v) is 11.1. The van der Waals surface area contributed by atoms with Gasteiger partial charge in [-0.3, -0.25) is 14.2 Å². The van der Waals surface area contributed by atoms with Gasteiger partial charge in [0.15, 0.2) is 5.16 Å². The average molecular weight is 470 g/mol. The second kappa shape index (κ2) is 9.14. The zero-order chi connectivity index (χ0) is 22.0. The minimum atomic E-state index is -0.307. The minimum absolute atomic E-state index is 0.0260. The molecule has 1 heterocycles. The van der Waals surface area contributed by atoms with E-state index in [0.29, 0.717) is 31.8 Å². The molecule has 1 aromatic heterocycles. The van der Waals surface area contributed by atoms with E-state index in [2.05, 4.69) is 10.3 Å². The fourth-order valence-corrected chi connectivity index (χ4v) is 4.46. The molecule has 1 N–H and O–H groups in total. The van der Waals surface area contributed by atoms with Gasteiger partial charge >= 0.3 is 0 Å². The molecule has 0 unspecified atom stereocenters. The van der Waals surface area contributed by atoms with Gasteiger partial charge in [-0.05, 0) is 42.8 Å². The number of para-hydroxylation sites is 3. The van der Waals surface area contributed by atoms with Gasteiger partial charge in [0.25, 0.3) is 5.56 Å². The Balaban J connectivity index is 1.70. The number of nitrogens with one attached hydrogen (secondary N) is 1. The van der Waals surface area contributed by atoms with Crippen LogP contribution in [0.2, 0.25) is 10.0 Å². The van der Waals surface area contributed by atoms with Gasteiger partial charge in [0.1, 0.15) is 0 Å². The van der Waals surface area contributed by atoms with Gasteiger partial charge < -0.3 is 5.32 Å². The number of hydrogen-bond acceptors (Lipinski definition) is 4. The van der Waals surface area contributed by atoms with E-state index in [9.17, 15) is 9.59 Å². The standard InChI is InChI=1S/C23H17Cl2N3O2S/c1-14-7-2-5-12-19(14)28-22(30)15-8-3-4-11-18(15)26-23(28)31-13-20(29)27-21-16(24)9-6-10-17(21)25/h2-12H,13H2,1H3,(H,27,29). The van der Waals surface area contributed by atoms with E-state index in [-0.39, 0.29) is 17.2 Å². The summed E-state index contributed by atoms with van der Waals surface area (Å²) < 4.78 is 1.55. The number of anilines is 1. The van der Waals surface area contributed by atoms with Crippen LogP contribution in [0, 0.1) is 6.92 Å². The molecule has 0 radical (unpaired) electrons. The number of benzene rings is 3. The van der Waals surface area contributed by atoms with Crippen molar-refractivity contribution in [2.75, 3.05) is 11.1 Å². The molecule has 31 heavy (non-hydrogen) atoms. The SMILES string of the molecule is Cc1ccccc1-n1c(SCC(=O)Nc2c(Cl)cccc2Cl)nc2ccccc2c1=O. The van der Waals surface area contributed by atoms with E-state index in [4.69, 9.17) is 23.2 Å². The number of nitrogens with zero attached hydrogens (tertiary/aromatic N) is 2. The van der Waals surface area contributed by atoms with Crippen molar-refractivity contribution < 1.29 is 4.79 Å². The third kappa shape index (κ3) is 4.46. The van der Waals surface area contributed by atoms with E-state index >= 15 is 0 Å². The molecule has 0 bridgehead atoms. The fourth-order valence-electron chi connectivity index (χ4n) is 3.16. The van der Waals surface area contributed by atoms with Crippen molar-refractivity contribution in [2.24, 2.45) is 0 Å². The molecule has 0 aliphatic heterocycles. The minimum Gasteiger partial charge on any atom is -0.323 e. The summed E-state index contributed by atoms with van der Waals surface area (Å²) in [6.45, 7) is 1.93. The van der Waals surface area contributed by atoms with Crippen molar-refractivity contribution in [2.45, 2.75) is 12.1 Å². The van der Waals surface area contributed by atoms with Crippen LogP contribution in [0.4, 0.5) is 5.69 Å². The van der Waals surface area contributed by atoms with Crippen molar-refractivity contribution >= 4 is 57.5 Å². The first-order valence-electron chi connectivity index (χ1n) is 9.40. The van der Waals surface area contributed by atoms with Crippen LogP contribution in [-0.4, -0.2) is 21.2 Å². The monoisotopic (exact) mass is 469 g/mol. The van der Waals surface area contributed by atoms with Crippen molar-refractivity contribution in [3.63, 3.8) is 0 Å². The number of amides is 1. The van der Waals surface area contributed by atoms with Crippen LogP contribution in [0.3, 0.4) is 0 Å². The summed E-state index contributed by atoms with van der Waals surface area (Å²) in [5, 5.41) is 4.38. The Morgan fingerprint density at radius 2 is 1.68 bits per heavy atom. The summed E-state index contributed by atoms with van der Waals surface area (Å²) in [4.78, 5) is 30.6. The Morgan fingerprint density at radius 3 is 2.42 bits per heavy atom. The zero-order valence-electron chi connectivity index (χ0n) is 16.4. The number of aryl methyl sites for hydroxylation is 1. The highest BCUT2D eigenvalue weighted by atomic mass is 35.5. The molecular formula is C23H17Cl2N3O2S. The molecule has 0 atom stereocenters. The number of halogens is 2. The van der Waals surface area contributed by atoms with Crippen LogP contribution in [0.5, 0.6) is 0 Å². The predicted molar refractivity (Wildman–Crippen MR) is 128 cm³/mol. The topological polar surface area (TPSA) is 64.0 Å². The molecule has 5 nitrogen and oxygen atoms in total. The Morgan fingerprint density at radius 1 is 1.00 bits per heavy atom. The lowest BCUT2D eigenvalue weighted by Crippen LogP contribution is -2.23. The predicted octanol–water partition coefficient (Wildman–Crippen LogP) is 5.73. The lowest BCUT2D eigenvalue weighted by atomic mass is 10.2. The number of carbonyl (C=O) groups is 1. The van der Waals surface area contributed by atoms with Crippen molar-refractivity contribution in [1.82, 2.24) is 9.55 Å². The molecule has 3 aromatic carbocycles. The van der Waals surface area contributed by atoms with E-state index in [0.717, 1.165) is 11.3 Å². The maximum Gasteiger partial charge on any atom is 0.266 e. The van der Waals surface area contributed by atoms with Crippen LogP contribution in [0.15, 0.2) is 76.7 Å². The van der Waals surface area contributed by atoms with Crippen LogP contribution in [0.1, 0.15) is 5.56 Å². The second-order valence-electron chi connectivity index (χ2n) is 6.77. The van der Waals surface area contributed by atoms with Gasteiger partial charge in [-0.15, -0.1) is 0 Å². The van der Waals surface area contributed by atoms with Crippen LogP contribution in [0.25, 0.3) is 16.6 Å². The number of rotatable bonds is 5. The van der Waals surface area contributed by atoms with Gasteiger partial charge in [-0.1, -0.05) is 71.4 Å². The molecule has 156 valence electrons. The first-order chi connectivity index (χ1) is 15.0. The average Bonchev–Trinajstić information content (AvgIpc) is 2.76. The van der Waals surface area contributed by atoms with Crippen LogP contribution >= 0.6 is 35.0 Å². The lowest BCUT2D eigenvalue weighted by Gasteiger charge is -2.15. The lowest BCUT2D eigenvalue weighted by molar-refractivity contribution is -0.113. The quantitative estimate of drug-likeness (QED) is 0.299. The molecule has 0 saturated carbocycles. The number of aromatic nitrogens is 2. The smallest absolute Gasteiger partial charge is 0.266 e. The van der Waals surface area contributed by atoms with Gasteiger partial charge in [0.05, 0.1) is 38.1 Å². The summed E-state index contributed by atoms with van der Waals surface area (Å²) in [7, 11) is 0. The molecular weight excluding hydrogens is 453 g/mol. The highest BCUT2D eigenvalue weighted by Crippen LogP contribution is 2.30. The Bertz CT molecular complexity index is 1330. The molecule has 0 saturated heterocycles. The zero-order valence-corrected chi connectivity index (χ0v) is 18.8. The van der Waals surface area contributed by atoms with Crippen molar-refractivity contribution in [3.05, 3.63) is 92.7 Å². The highest BCUT2D eigenvalue weighted by molar-refractivity contribution is 7.99. The molecule has 1 amide bonds. The van der Waals surface area contributed by atoms with E-state index in [1.807, 2.05) is 37.3 Å². The molecule has 8 heteroatoms. The van der Waals surface area contributed by atoms with Gasteiger partial charge in [0.2, 0.25) is 5.91 Å². The van der Waals surface area contributed by atoms with Crippen LogP contribution in [-0.2, 0) is 4.79 Å². The number of carbonyl (C=O) groups excluding carboxylic acids is 1. The normalized spacial score (nSPS) is 10.9. The third-order valence-electron chi connectivity index (χ3n) is 4.66. The third-order valence-corrected chi connectivity index (χ3v) is 6.23. The summed E-state index contributed by atoms with van der Waals surface area (Å²) in [6, 6.07) is 19.7. The van der Waals surface area contributed by atoms with Crippen molar-refractivity contribution in [1.29, 1.82) is 0 Å². The Labute approximate surface area is 193 Å². The largest absolute Gasteiger partial charge is 0.323 e.